The second-order valence-corrected chi connectivity index (χ2v) is 6.94. The van der Waals surface area contributed by atoms with Crippen LogP contribution in [0.5, 0.6) is 0 Å². The minimum absolute atomic E-state index is 0.598. The number of benzene rings is 1. The first kappa shape index (κ1) is 13.3. The molecule has 112 valence electrons. The Hall–Kier alpha value is -1.35. The van der Waals surface area contributed by atoms with Crippen molar-refractivity contribution in [3.63, 3.8) is 0 Å². The van der Waals surface area contributed by atoms with Gasteiger partial charge in [-0.1, -0.05) is 25.1 Å². The van der Waals surface area contributed by atoms with Crippen LogP contribution in [0.1, 0.15) is 31.9 Å². The lowest BCUT2D eigenvalue weighted by molar-refractivity contribution is 0.335. The molecule has 1 heterocycles. The Morgan fingerprint density at radius 3 is 2.76 bits per heavy atom. The third kappa shape index (κ3) is 2.38. The van der Waals surface area contributed by atoms with Crippen LogP contribution < -0.4 is 5.32 Å². The molecule has 0 amide bonds. The Balaban J connectivity index is 1.58. The van der Waals surface area contributed by atoms with Crippen molar-refractivity contribution in [2.45, 2.75) is 38.6 Å². The lowest BCUT2D eigenvalue weighted by Gasteiger charge is -2.25. The molecule has 2 aliphatic rings. The molecule has 3 heteroatoms. The standard InChI is InChI=1S/C18H25N3/c1-3-19-16(14-9-12-8-13(12)10-14)11-17-15-6-4-5-7-18(15)21(2)20-17/h4-7,12-14,16,19H,3,8-11H2,1-2H3. The lowest BCUT2D eigenvalue weighted by Crippen LogP contribution is -2.37. The highest BCUT2D eigenvalue weighted by atomic mass is 15.3. The zero-order chi connectivity index (χ0) is 14.4. The molecule has 0 bridgehead atoms. The molecule has 2 saturated carbocycles. The number of hydrogen-bond acceptors (Lipinski definition) is 2. The van der Waals surface area contributed by atoms with Crippen LogP contribution in [0.25, 0.3) is 10.9 Å². The van der Waals surface area contributed by atoms with E-state index in [2.05, 4.69) is 43.6 Å². The molecule has 1 N–H and O–H groups in total. The second kappa shape index (κ2) is 5.13. The summed E-state index contributed by atoms with van der Waals surface area (Å²) in [7, 11) is 2.05. The Labute approximate surface area is 126 Å². The number of para-hydroxylation sites is 1. The highest BCUT2D eigenvalue weighted by Crippen LogP contribution is 2.55. The van der Waals surface area contributed by atoms with Gasteiger partial charge in [-0.3, -0.25) is 4.68 Å². The number of hydrogen-bond donors (Lipinski definition) is 1. The van der Waals surface area contributed by atoms with Crippen molar-refractivity contribution in [3.05, 3.63) is 30.0 Å². The molecule has 1 aromatic heterocycles. The van der Waals surface area contributed by atoms with Gasteiger partial charge in [-0.25, -0.2) is 0 Å². The highest BCUT2D eigenvalue weighted by molar-refractivity contribution is 5.81. The van der Waals surface area contributed by atoms with Crippen molar-refractivity contribution in [1.82, 2.24) is 15.1 Å². The van der Waals surface area contributed by atoms with Crippen molar-refractivity contribution < 1.29 is 0 Å². The van der Waals surface area contributed by atoms with E-state index >= 15 is 0 Å². The average Bonchev–Trinajstić information content (AvgIpc) is 2.97. The first-order chi connectivity index (χ1) is 10.3. The number of likely N-dealkylation sites (N-methyl/N-ethyl adjacent to an activating group) is 1. The van der Waals surface area contributed by atoms with Gasteiger partial charge in [0.25, 0.3) is 0 Å². The fourth-order valence-electron chi connectivity index (χ4n) is 4.41. The van der Waals surface area contributed by atoms with Crippen LogP contribution in [-0.4, -0.2) is 22.4 Å². The van der Waals surface area contributed by atoms with Gasteiger partial charge in [0.2, 0.25) is 0 Å². The average molecular weight is 283 g/mol. The van der Waals surface area contributed by atoms with Crippen LogP contribution in [0.15, 0.2) is 24.3 Å². The minimum atomic E-state index is 0.598. The summed E-state index contributed by atoms with van der Waals surface area (Å²) in [6.07, 6.45) is 5.45. The van der Waals surface area contributed by atoms with Crippen LogP contribution >= 0.6 is 0 Å². The Morgan fingerprint density at radius 1 is 1.24 bits per heavy atom. The van der Waals surface area contributed by atoms with E-state index in [1.807, 2.05) is 4.68 Å². The molecule has 3 atom stereocenters. The number of aromatic nitrogens is 2. The summed E-state index contributed by atoms with van der Waals surface area (Å²) in [6.45, 7) is 3.28. The van der Waals surface area contributed by atoms with Gasteiger partial charge in [-0.2, -0.15) is 5.10 Å². The molecule has 2 aliphatic carbocycles. The summed E-state index contributed by atoms with van der Waals surface area (Å²) < 4.78 is 2.03. The Kier molecular flexibility index (Phi) is 3.26. The number of nitrogens with zero attached hydrogens (tertiary/aromatic N) is 2. The maximum Gasteiger partial charge on any atom is 0.0718 e. The maximum absolute atomic E-state index is 4.79. The third-order valence-corrected chi connectivity index (χ3v) is 5.56. The summed E-state index contributed by atoms with van der Waals surface area (Å²) >= 11 is 0. The first-order valence-corrected chi connectivity index (χ1v) is 8.40. The molecule has 0 aliphatic heterocycles. The predicted molar refractivity (Wildman–Crippen MR) is 86.2 cm³/mol. The van der Waals surface area contributed by atoms with Crippen molar-refractivity contribution in [2.75, 3.05) is 6.54 Å². The third-order valence-electron chi connectivity index (χ3n) is 5.56. The number of nitrogens with one attached hydrogen (secondary N) is 1. The van der Waals surface area contributed by atoms with Crippen molar-refractivity contribution in [3.8, 4) is 0 Å². The fraction of sp³-hybridized carbons (Fsp3) is 0.611. The monoisotopic (exact) mass is 283 g/mol. The largest absolute Gasteiger partial charge is 0.314 e. The van der Waals surface area contributed by atoms with E-state index in [0.717, 1.165) is 30.7 Å². The molecule has 2 fully saturated rings. The van der Waals surface area contributed by atoms with Crippen molar-refractivity contribution in [1.29, 1.82) is 0 Å². The topological polar surface area (TPSA) is 29.9 Å². The zero-order valence-corrected chi connectivity index (χ0v) is 13.0. The number of rotatable bonds is 5. The zero-order valence-electron chi connectivity index (χ0n) is 13.0. The molecule has 0 radical (unpaired) electrons. The van der Waals surface area contributed by atoms with E-state index < -0.39 is 0 Å². The van der Waals surface area contributed by atoms with Crippen LogP contribution in [-0.2, 0) is 13.5 Å². The smallest absolute Gasteiger partial charge is 0.0718 e. The van der Waals surface area contributed by atoms with Crippen molar-refractivity contribution >= 4 is 10.9 Å². The molecule has 3 nitrogen and oxygen atoms in total. The van der Waals surface area contributed by atoms with Gasteiger partial charge in [0.15, 0.2) is 0 Å². The van der Waals surface area contributed by atoms with Gasteiger partial charge in [-0.15, -0.1) is 0 Å². The molecule has 3 unspecified atom stereocenters. The van der Waals surface area contributed by atoms with Gasteiger partial charge < -0.3 is 5.32 Å². The molecule has 1 aromatic carbocycles. The maximum atomic E-state index is 4.79. The minimum Gasteiger partial charge on any atom is -0.314 e. The first-order valence-electron chi connectivity index (χ1n) is 8.40. The Morgan fingerprint density at radius 2 is 2.00 bits per heavy atom. The molecule has 4 rings (SSSR count). The summed E-state index contributed by atoms with van der Waals surface area (Å²) in [4.78, 5) is 0. The SMILES string of the molecule is CCNC(Cc1nn(C)c2ccccc12)C1CC2CC2C1. The summed E-state index contributed by atoms with van der Waals surface area (Å²) in [5, 5.41) is 9.85. The summed E-state index contributed by atoms with van der Waals surface area (Å²) in [6, 6.07) is 9.20. The fourth-order valence-corrected chi connectivity index (χ4v) is 4.41. The summed E-state index contributed by atoms with van der Waals surface area (Å²) in [5.74, 6) is 2.96. The van der Waals surface area contributed by atoms with Crippen molar-refractivity contribution in [2.24, 2.45) is 24.8 Å². The lowest BCUT2D eigenvalue weighted by atomic mass is 9.90. The van der Waals surface area contributed by atoms with E-state index in [4.69, 9.17) is 5.10 Å². The molecule has 21 heavy (non-hydrogen) atoms. The molecule has 0 saturated heterocycles. The quantitative estimate of drug-likeness (QED) is 0.913. The molecule has 0 spiro atoms. The van der Waals surface area contributed by atoms with Gasteiger partial charge >= 0.3 is 0 Å². The predicted octanol–water partition coefficient (Wildman–Crippen LogP) is 3.14. The van der Waals surface area contributed by atoms with Gasteiger partial charge in [-0.05, 0) is 49.6 Å². The number of aryl methyl sites for hydroxylation is 1. The normalized spacial score (nSPS) is 28.8. The van der Waals surface area contributed by atoms with Gasteiger partial charge in [0.05, 0.1) is 11.2 Å². The van der Waals surface area contributed by atoms with Gasteiger partial charge in [0, 0.05) is 24.9 Å². The van der Waals surface area contributed by atoms with E-state index in [-0.39, 0.29) is 0 Å². The second-order valence-electron chi connectivity index (χ2n) is 6.94. The van der Waals surface area contributed by atoms with Crippen LogP contribution in [0.4, 0.5) is 0 Å². The Bertz CT molecular complexity index is 635. The molecule has 2 aromatic rings. The van der Waals surface area contributed by atoms with Crippen LogP contribution in [0.3, 0.4) is 0 Å². The van der Waals surface area contributed by atoms with Crippen LogP contribution in [0.2, 0.25) is 0 Å². The van der Waals surface area contributed by atoms with E-state index in [9.17, 15) is 0 Å². The summed E-state index contributed by atoms with van der Waals surface area (Å²) in [5.41, 5.74) is 2.51. The number of fused-ring (bicyclic) bond motifs is 2. The molecular formula is C18H25N3. The van der Waals surface area contributed by atoms with Gasteiger partial charge in [0.1, 0.15) is 0 Å². The van der Waals surface area contributed by atoms with Crippen LogP contribution in [0, 0.1) is 17.8 Å². The highest BCUT2D eigenvalue weighted by Gasteiger charge is 2.47. The molecular weight excluding hydrogens is 258 g/mol. The van der Waals surface area contributed by atoms with E-state index in [0.29, 0.717) is 6.04 Å². The van der Waals surface area contributed by atoms with E-state index in [1.54, 1.807) is 0 Å². The van der Waals surface area contributed by atoms with E-state index in [1.165, 1.54) is 35.9 Å².